The summed E-state index contributed by atoms with van der Waals surface area (Å²) in [6.45, 7) is 1.86. The van der Waals surface area contributed by atoms with Gasteiger partial charge in [-0.15, -0.1) is 0 Å². The van der Waals surface area contributed by atoms with Crippen LogP contribution in [0.4, 0.5) is 10.1 Å². The second-order valence-corrected chi connectivity index (χ2v) is 7.14. The number of ether oxygens (including phenoxy) is 2. The smallest absolute Gasteiger partial charge is 0.321 e. The van der Waals surface area contributed by atoms with E-state index in [1.54, 1.807) is 30.3 Å². The fourth-order valence-electron chi connectivity index (χ4n) is 2.79. The first kappa shape index (κ1) is 19.1. The lowest BCUT2D eigenvalue weighted by atomic mass is 10.2. The summed E-state index contributed by atoms with van der Waals surface area (Å²) in [5.74, 6) is 0.445. The average Bonchev–Trinajstić information content (AvgIpc) is 3.47. The van der Waals surface area contributed by atoms with Crippen LogP contribution in [0.2, 0.25) is 5.02 Å². The zero-order chi connectivity index (χ0) is 20.4. The van der Waals surface area contributed by atoms with Crippen LogP contribution < -0.4 is 14.8 Å². The number of hydrogen-bond acceptors (Lipinski definition) is 5. The molecule has 1 aliphatic carbocycles. The van der Waals surface area contributed by atoms with Crippen molar-refractivity contribution in [1.29, 1.82) is 0 Å². The zero-order valence-electron chi connectivity index (χ0n) is 15.4. The first-order chi connectivity index (χ1) is 14.0. The van der Waals surface area contributed by atoms with Crippen molar-refractivity contribution in [3.63, 3.8) is 0 Å². The van der Waals surface area contributed by atoms with E-state index in [4.69, 9.17) is 21.1 Å². The summed E-state index contributed by atoms with van der Waals surface area (Å²) in [4.78, 5) is 20.4. The molecular weight excluding hydrogens is 397 g/mol. The number of benzene rings is 2. The van der Waals surface area contributed by atoms with Gasteiger partial charge in [-0.05, 0) is 55.0 Å². The highest BCUT2D eigenvalue weighted by atomic mass is 35.5. The van der Waals surface area contributed by atoms with Gasteiger partial charge >= 0.3 is 6.01 Å². The second-order valence-electron chi connectivity index (χ2n) is 6.71. The van der Waals surface area contributed by atoms with Gasteiger partial charge in [-0.3, -0.25) is 4.79 Å². The Labute approximate surface area is 171 Å². The average molecular weight is 414 g/mol. The number of carbonyl (C=O) groups is 1. The molecule has 1 saturated carbocycles. The number of rotatable bonds is 6. The highest BCUT2D eigenvalue weighted by molar-refractivity contribution is 6.30. The molecule has 2 aromatic carbocycles. The van der Waals surface area contributed by atoms with E-state index in [9.17, 15) is 9.18 Å². The SMILES string of the molecule is Cc1cc(NC(=O)C2CC2Oc2ccc(F)cc2)ccc1Oc1ncc(Cl)cn1. The lowest BCUT2D eigenvalue weighted by Gasteiger charge is -2.10. The first-order valence-electron chi connectivity index (χ1n) is 8.97. The normalized spacial score (nSPS) is 17.5. The van der Waals surface area contributed by atoms with Crippen molar-refractivity contribution in [2.75, 3.05) is 5.32 Å². The standard InChI is InChI=1S/C21H17ClFN3O3/c1-12-8-15(4-7-18(12)29-21-24-10-13(22)11-25-21)26-20(27)17-9-19(17)28-16-5-2-14(23)3-6-16/h2-8,10-11,17,19H,9H2,1H3,(H,26,27). The third-order valence-electron chi connectivity index (χ3n) is 4.41. The van der Waals surface area contributed by atoms with Gasteiger partial charge in [0.1, 0.15) is 23.4 Å². The summed E-state index contributed by atoms with van der Waals surface area (Å²) in [6.07, 6.45) is 3.32. The molecule has 0 aliphatic heterocycles. The molecule has 148 valence electrons. The Bertz CT molecular complexity index is 1030. The number of nitrogens with one attached hydrogen (secondary N) is 1. The fraction of sp³-hybridized carbons (Fsp3) is 0.190. The molecule has 1 aliphatic rings. The summed E-state index contributed by atoms with van der Waals surface area (Å²) >= 11 is 5.76. The number of carbonyl (C=O) groups excluding carboxylic acids is 1. The number of aryl methyl sites for hydroxylation is 1. The molecular formula is C21H17ClFN3O3. The quantitative estimate of drug-likeness (QED) is 0.629. The van der Waals surface area contributed by atoms with Crippen molar-refractivity contribution in [2.45, 2.75) is 19.4 Å². The lowest BCUT2D eigenvalue weighted by Crippen LogP contribution is -2.17. The number of anilines is 1. The topological polar surface area (TPSA) is 73.3 Å². The molecule has 1 fully saturated rings. The van der Waals surface area contributed by atoms with Gasteiger partial charge in [-0.2, -0.15) is 0 Å². The van der Waals surface area contributed by atoms with Crippen LogP contribution in [-0.2, 0) is 4.79 Å². The molecule has 1 amide bonds. The van der Waals surface area contributed by atoms with Crippen LogP contribution in [0.5, 0.6) is 17.5 Å². The molecule has 1 N–H and O–H groups in total. The van der Waals surface area contributed by atoms with E-state index in [1.807, 2.05) is 6.92 Å². The molecule has 0 radical (unpaired) electrons. The number of nitrogens with zero attached hydrogens (tertiary/aromatic N) is 2. The summed E-state index contributed by atoms with van der Waals surface area (Å²) in [6, 6.07) is 11.2. The van der Waals surface area contributed by atoms with E-state index in [0.29, 0.717) is 28.6 Å². The zero-order valence-corrected chi connectivity index (χ0v) is 16.2. The maximum Gasteiger partial charge on any atom is 0.321 e. The Kier molecular flexibility index (Phi) is 5.31. The van der Waals surface area contributed by atoms with Crippen LogP contribution in [0.3, 0.4) is 0 Å². The van der Waals surface area contributed by atoms with E-state index in [-0.39, 0.29) is 29.8 Å². The molecule has 2 unspecified atom stereocenters. The van der Waals surface area contributed by atoms with Gasteiger partial charge < -0.3 is 14.8 Å². The van der Waals surface area contributed by atoms with Crippen LogP contribution in [-0.4, -0.2) is 22.0 Å². The van der Waals surface area contributed by atoms with Gasteiger partial charge in [0.25, 0.3) is 0 Å². The molecule has 0 bridgehead atoms. The Morgan fingerprint density at radius 3 is 2.59 bits per heavy atom. The first-order valence-corrected chi connectivity index (χ1v) is 9.35. The van der Waals surface area contributed by atoms with E-state index >= 15 is 0 Å². The summed E-state index contributed by atoms with van der Waals surface area (Å²) in [7, 11) is 0. The molecule has 8 heteroatoms. The molecule has 4 rings (SSSR count). The minimum Gasteiger partial charge on any atom is -0.490 e. The fourth-order valence-corrected chi connectivity index (χ4v) is 2.89. The summed E-state index contributed by atoms with van der Waals surface area (Å²) in [5, 5.41) is 3.31. The van der Waals surface area contributed by atoms with Crippen molar-refractivity contribution in [1.82, 2.24) is 9.97 Å². The van der Waals surface area contributed by atoms with Crippen molar-refractivity contribution >= 4 is 23.2 Å². The molecule has 1 heterocycles. The Hall–Kier alpha value is -3.19. The highest BCUT2D eigenvalue weighted by Crippen LogP contribution is 2.36. The Morgan fingerprint density at radius 1 is 1.17 bits per heavy atom. The third kappa shape index (κ3) is 4.81. The third-order valence-corrected chi connectivity index (χ3v) is 4.61. The van der Waals surface area contributed by atoms with E-state index < -0.39 is 0 Å². The van der Waals surface area contributed by atoms with E-state index in [2.05, 4.69) is 15.3 Å². The minimum absolute atomic E-state index is 0.119. The Balaban J connectivity index is 1.33. The van der Waals surface area contributed by atoms with Crippen molar-refractivity contribution < 1.29 is 18.7 Å². The maximum atomic E-state index is 12.9. The maximum absolute atomic E-state index is 12.9. The number of halogens is 2. The predicted molar refractivity (Wildman–Crippen MR) is 106 cm³/mol. The van der Waals surface area contributed by atoms with Crippen molar-refractivity contribution in [3.8, 4) is 17.5 Å². The van der Waals surface area contributed by atoms with Gasteiger partial charge in [0, 0.05) is 12.1 Å². The van der Waals surface area contributed by atoms with E-state index in [1.165, 1.54) is 24.5 Å². The molecule has 0 saturated heterocycles. The van der Waals surface area contributed by atoms with Gasteiger partial charge in [0.2, 0.25) is 5.91 Å². The van der Waals surface area contributed by atoms with Crippen LogP contribution >= 0.6 is 11.6 Å². The van der Waals surface area contributed by atoms with Crippen LogP contribution in [0.1, 0.15) is 12.0 Å². The highest BCUT2D eigenvalue weighted by Gasteiger charge is 2.45. The van der Waals surface area contributed by atoms with Crippen LogP contribution in [0, 0.1) is 18.7 Å². The molecule has 2 atom stereocenters. The summed E-state index contributed by atoms with van der Waals surface area (Å²) in [5.41, 5.74) is 1.47. The van der Waals surface area contributed by atoms with Gasteiger partial charge in [-0.25, -0.2) is 14.4 Å². The minimum atomic E-state index is -0.326. The van der Waals surface area contributed by atoms with Gasteiger partial charge in [0.05, 0.1) is 23.3 Å². The van der Waals surface area contributed by atoms with Crippen LogP contribution in [0.25, 0.3) is 0 Å². The molecule has 6 nitrogen and oxygen atoms in total. The lowest BCUT2D eigenvalue weighted by molar-refractivity contribution is -0.117. The second kappa shape index (κ2) is 8.05. The van der Waals surface area contributed by atoms with Crippen molar-refractivity contribution in [2.24, 2.45) is 5.92 Å². The van der Waals surface area contributed by atoms with E-state index in [0.717, 1.165) is 5.56 Å². The number of amides is 1. The monoisotopic (exact) mass is 413 g/mol. The largest absolute Gasteiger partial charge is 0.490 e. The molecule has 3 aromatic rings. The van der Waals surface area contributed by atoms with Crippen LogP contribution in [0.15, 0.2) is 54.9 Å². The van der Waals surface area contributed by atoms with Crippen molar-refractivity contribution in [3.05, 3.63) is 71.3 Å². The van der Waals surface area contributed by atoms with Gasteiger partial charge in [-0.1, -0.05) is 11.6 Å². The van der Waals surface area contributed by atoms with Gasteiger partial charge in [0.15, 0.2) is 0 Å². The molecule has 1 aromatic heterocycles. The predicted octanol–water partition coefficient (Wildman–Crippen LogP) is 4.78. The molecule has 29 heavy (non-hydrogen) atoms. The number of hydrogen-bond donors (Lipinski definition) is 1. The Morgan fingerprint density at radius 2 is 1.90 bits per heavy atom. The summed E-state index contributed by atoms with van der Waals surface area (Å²) < 4.78 is 24.3. The molecule has 0 spiro atoms. The number of aromatic nitrogens is 2.